The molecule has 5 nitrogen and oxygen atoms in total. The Morgan fingerprint density at radius 2 is 2.53 bits per heavy atom. The van der Waals surface area contributed by atoms with Crippen molar-refractivity contribution < 1.29 is 9.53 Å². The van der Waals surface area contributed by atoms with E-state index in [9.17, 15) is 4.79 Å². The number of hydrogen-bond acceptors (Lipinski definition) is 4. The van der Waals surface area contributed by atoms with E-state index in [4.69, 9.17) is 10.5 Å². The van der Waals surface area contributed by atoms with Gasteiger partial charge in [-0.05, 0) is 18.8 Å². The third-order valence-electron chi connectivity index (χ3n) is 2.46. The van der Waals surface area contributed by atoms with E-state index in [1.807, 2.05) is 0 Å². The highest BCUT2D eigenvalue weighted by atomic mass is 16.5. The van der Waals surface area contributed by atoms with Gasteiger partial charge in [0.1, 0.15) is 6.04 Å². The van der Waals surface area contributed by atoms with E-state index in [2.05, 4.69) is 9.97 Å². The van der Waals surface area contributed by atoms with Crippen LogP contribution in [-0.2, 0) is 16.0 Å². The lowest BCUT2D eigenvalue weighted by atomic mass is 10.2. The van der Waals surface area contributed by atoms with Gasteiger partial charge in [0.25, 0.3) is 0 Å². The molecule has 0 amide bonds. The zero-order chi connectivity index (χ0) is 10.7. The van der Waals surface area contributed by atoms with Gasteiger partial charge in [-0.3, -0.25) is 4.79 Å². The number of nitrogens with two attached hydrogens (primary N) is 1. The number of H-pyrrole nitrogens is 1. The molecule has 15 heavy (non-hydrogen) atoms. The van der Waals surface area contributed by atoms with Crippen molar-refractivity contribution in [2.75, 3.05) is 6.61 Å². The van der Waals surface area contributed by atoms with Crippen molar-refractivity contribution in [3.05, 3.63) is 18.2 Å². The van der Waals surface area contributed by atoms with E-state index in [0.717, 1.165) is 5.69 Å². The minimum atomic E-state index is -0.593. The van der Waals surface area contributed by atoms with Gasteiger partial charge in [0.05, 0.1) is 12.9 Å². The van der Waals surface area contributed by atoms with Crippen molar-refractivity contribution in [3.8, 4) is 0 Å². The summed E-state index contributed by atoms with van der Waals surface area (Å²) in [4.78, 5) is 18.2. The Morgan fingerprint density at radius 1 is 1.73 bits per heavy atom. The molecule has 3 N–H and O–H groups in total. The first kappa shape index (κ1) is 10.2. The molecular weight excluding hydrogens is 194 g/mol. The second-order valence-electron chi connectivity index (χ2n) is 3.96. The van der Waals surface area contributed by atoms with E-state index in [-0.39, 0.29) is 5.97 Å². The van der Waals surface area contributed by atoms with E-state index in [1.165, 1.54) is 12.8 Å². The summed E-state index contributed by atoms with van der Waals surface area (Å²) in [5.41, 5.74) is 6.55. The average Bonchev–Trinajstić information content (AvgIpc) is 2.92. The first-order valence-electron chi connectivity index (χ1n) is 5.15. The van der Waals surface area contributed by atoms with Gasteiger partial charge < -0.3 is 15.5 Å². The SMILES string of the molecule is NC(Cc1cnc[nH]1)C(=O)OCC1CC1. The van der Waals surface area contributed by atoms with Crippen LogP contribution in [0, 0.1) is 5.92 Å². The fourth-order valence-electron chi connectivity index (χ4n) is 1.31. The minimum absolute atomic E-state index is 0.323. The Hall–Kier alpha value is -1.36. The Morgan fingerprint density at radius 3 is 3.13 bits per heavy atom. The second kappa shape index (κ2) is 4.44. The molecule has 0 radical (unpaired) electrons. The maximum absolute atomic E-state index is 11.4. The van der Waals surface area contributed by atoms with Crippen LogP contribution in [0.2, 0.25) is 0 Å². The number of carbonyl (C=O) groups excluding carboxylic acids is 1. The molecule has 1 aliphatic rings. The summed E-state index contributed by atoms with van der Waals surface area (Å²) >= 11 is 0. The fourth-order valence-corrected chi connectivity index (χ4v) is 1.31. The van der Waals surface area contributed by atoms with Crippen LogP contribution in [0.25, 0.3) is 0 Å². The maximum Gasteiger partial charge on any atom is 0.323 e. The summed E-state index contributed by atoms with van der Waals surface area (Å²) in [6.45, 7) is 0.523. The molecule has 0 bridgehead atoms. The molecule has 2 rings (SSSR count). The number of hydrogen-bond donors (Lipinski definition) is 2. The summed E-state index contributed by atoms with van der Waals surface area (Å²) in [6, 6.07) is -0.593. The second-order valence-corrected chi connectivity index (χ2v) is 3.96. The van der Waals surface area contributed by atoms with Gasteiger partial charge in [0.15, 0.2) is 0 Å². The number of rotatable bonds is 5. The van der Waals surface area contributed by atoms with Crippen LogP contribution in [-0.4, -0.2) is 28.6 Å². The Labute approximate surface area is 88.0 Å². The molecule has 1 saturated carbocycles. The zero-order valence-corrected chi connectivity index (χ0v) is 8.48. The van der Waals surface area contributed by atoms with Crippen LogP contribution in [0.15, 0.2) is 12.5 Å². The Balaban J connectivity index is 1.73. The van der Waals surface area contributed by atoms with Crippen molar-refractivity contribution in [1.29, 1.82) is 0 Å². The average molecular weight is 209 g/mol. The molecule has 1 unspecified atom stereocenters. The number of esters is 1. The van der Waals surface area contributed by atoms with Gasteiger partial charge in [-0.15, -0.1) is 0 Å². The van der Waals surface area contributed by atoms with E-state index >= 15 is 0 Å². The van der Waals surface area contributed by atoms with Gasteiger partial charge in [0, 0.05) is 18.3 Å². The maximum atomic E-state index is 11.4. The monoisotopic (exact) mass is 209 g/mol. The lowest BCUT2D eigenvalue weighted by molar-refractivity contribution is -0.145. The molecular formula is C10H15N3O2. The predicted octanol–water partition coefficient (Wildman–Crippen LogP) is 0.233. The van der Waals surface area contributed by atoms with Crippen molar-refractivity contribution in [1.82, 2.24) is 9.97 Å². The number of nitrogens with one attached hydrogen (secondary N) is 1. The topological polar surface area (TPSA) is 81.0 Å². The lowest BCUT2D eigenvalue weighted by Gasteiger charge is -2.09. The van der Waals surface area contributed by atoms with Gasteiger partial charge in [-0.25, -0.2) is 4.98 Å². The van der Waals surface area contributed by atoms with Crippen molar-refractivity contribution in [3.63, 3.8) is 0 Å². The smallest absolute Gasteiger partial charge is 0.323 e. The Bertz CT molecular complexity index is 319. The number of aromatic nitrogens is 2. The molecule has 1 fully saturated rings. The lowest BCUT2D eigenvalue weighted by Crippen LogP contribution is -2.34. The highest BCUT2D eigenvalue weighted by Gasteiger charge is 2.24. The van der Waals surface area contributed by atoms with Crippen molar-refractivity contribution in [2.45, 2.75) is 25.3 Å². The highest BCUT2D eigenvalue weighted by Crippen LogP contribution is 2.28. The fraction of sp³-hybridized carbons (Fsp3) is 0.600. The molecule has 5 heteroatoms. The summed E-state index contributed by atoms with van der Waals surface area (Å²) < 4.78 is 5.08. The molecule has 1 aliphatic carbocycles. The molecule has 0 saturated heterocycles. The zero-order valence-electron chi connectivity index (χ0n) is 8.48. The first-order chi connectivity index (χ1) is 7.25. The van der Waals surface area contributed by atoms with Gasteiger partial charge >= 0.3 is 5.97 Å². The van der Waals surface area contributed by atoms with Crippen LogP contribution >= 0.6 is 0 Å². The van der Waals surface area contributed by atoms with Gasteiger partial charge in [-0.2, -0.15) is 0 Å². The molecule has 1 heterocycles. The van der Waals surface area contributed by atoms with Crippen LogP contribution < -0.4 is 5.73 Å². The predicted molar refractivity (Wildman–Crippen MR) is 54.0 cm³/mol. The largest absolute Gasteiger partial charge is 0.464 e. The van der Waals surface area contributed by atoms with Crippen LogP contribution in [0.5, 0.6) is 0 Å². The third kappa shape index (κ3) is 3.06. The number of nitrogens with zero attached hydrogens (tertiary/aromatic N) is 1. The van der Waals surface area contributed by atoms with Gasteiger partial charge in [-0.1, -0.05) is 0 Å². The van der Waals surface area contributed by atoms with E-state index in [1.54, 1.807) is 12.5 Å². The van der Waals surface area contributed by atoms with Crippen molar-refractivity contribution in [2.24, 2.45) is 11.7 Å². The number of imidazole rings is 1. The van der Waals surface area contributed by atoms with Crippen LogP contribution in [0.1, 0.15) is 18.5 Å². The highest BCUT2D eigenvalue weighted by molar-refractivity contribution is 5.75. The molecule has 0 spiro atoms. The van der Waals surface area contributed by atoms with E-state index < -0.39 is 6.04 Å². The summed E-state index contributed by atoms with van der Waals surface area (Å²) in [5.74, 6) is 0.254. The van der Waals surface area contributed by atoms with E-state index in [0.29, 0.717) is 18.9 Å². The number of carbonyl (C=O) groups is 1. The molecule has 82 valence electrons. The number of ether oxygens (including phenoxy) is 1. The quantitative estimate of drug-likeness (QED) is 0.680. The molecule has 1 aromatic heterocycles. The molecule has 1 aromatic rings. The molecule has 1 atom stereocenters. The standard InChI is InChI=1S/C10H15N3O2/c11-9(3-8-4-12-6-13-8)10(14)15-5-7-1-2-7/h4,6-7,9H,1-3,5,11H2,(H,12,13). The Kier molecular flexibility index (Phi) is 3.01. The van der Waals surface area contributed by atoms with Crippen molar-refractivity contribution >= 4 is 5.97 Å². The summed E-state index contributed by atoms with van der Waals surface area (Å²) in [6.07, 6.45) is 6.02. The summed E-state index contributed by atoms with van der Waals surface area (Å²) in [7, 11) is 0. The third-order valence-corrected chi connectivity index (χ3v) is 2.46. The van der Waals surface area contributed by atoms with Gasteiger partial charge in [0.2, 0.25) is 0 Å². The minimum Gasteiger partial charge on any atom is -0.464 e. The molecule has 0 aliphatic heterocycles. The van der Waals surface area contributed by atoms with Crippen LogP contribution in [0.3, 0.4) is 0 Å². The first-order valence-corrected chi connectivity index (χ1v) is 5.15. The number of aromatic amines is 1. The normalized spacial score (nSPS) is 17.4. The summed E-state index contributed by atoms with van der Waals surface area (Å²) in [5, 5.41) is 0. The van der Waals surface area contributed by atoms with Crippen LogP contribution in [0.4, 0.5) is 0 Å². The molecule has 0 aromatic carbocycles.